The SMILES string of the molecule is COC(=O)Cc1cccc(CCCCC2CCC(C)CC2)c1. The van der Waals surface area contributed by atoms with Gasteiger partial charge in [-0.1, -0.05) is 69.7 Å². The zero-order valence-corrected chi connectivity index (χ0v) is 14.1. The van der Waals surface area contributed by atoms with Gasteiger partial charge in [0.05, 0.1) is 13.5 Å². The van der Waals surface area contributed by atoms with Crippen LogP contribution >= 0.6 is 0 Å². The van der Waals surface area contributed by atoms with E-state index in [9.17, 15) is 4.79 Å². The van der Waals surface area contributed by atoms with Gasteiger partial charge >= 0.3 is 5.97 Å². The summed E-state index contributed by atoms with van der Waals surface area (Å²) in [6.45, 7) is 2.39. The average Bonchev–Trinajstić information content (AvgIpc) is 2.53. The quantitative estimate of drug-likeness (QED) is 0.526. The average molecular weight is 302 g/mol. The maximum atomic E-state index is 11.3. The lowest BCUT2D eigenvalue weighted by molar-refractivity contribution is -0.139. The lowest BCUT2D eigenvalue weighted by Crippen LogP contribution is -2.12. The van der Waals surface area contributed by atoms with Crippen LogP contribution in [-0.4, -0.2) is 13.1 Å². The van der Waals surface area contributed by atoms with Gasteiger partial charge in [0, 0.05) is 0 Å². The van der Waals surface area contributed by atoms with Gasteiger partial charge in [-0.15, -0.1) is 0 Å². The van der Waals surface area contributed by atoms with Crippen LogP contribution in [0.5, 0.6) is 0 Å². The van der Waals surface area contributed by atoms with Gasteiger partial charge < -0.3 is 4.74 Å². The second kappa shape index (κ2) is 8.97. The molecule has 1 aliphatic rings. The van der Waals surface area contributed by atoms with Gasteiger partial charge in [0.15, 0.2) is 0 Å². The molecule has 0 spiro atoms. The van der Waals surface area contributed by atoms with E-state index >= 15 is 0 Å². The van der Waals surface area contributed by atoms with Crippen LogP contribution in [0.25, 0.3) is 0 Å². The first-order valence-electron chi connectivity index (χ1n) is 8.82. The predicted octanol–water partition coefficient (Wildman–Crippen LogP) is 4.94. The molecule has 0 heterocycles. The molecule has 0 aromatic heterocycles. The van der Waals surface area contributed by atoms with E-state index in [-0.39, 0.29) is 5.97 Å². The summed E-state index contributed by atoms with van der Waals surface area (Å²) in [7, 11) is 1.44. The summed E-state index contributed by atoms with van der Waals surface area (Å²) < 4.78 is 4.73. The lowest BCUT2D eigenvalue weighted by atomic mass is 9.80. The van der Waals surface area contributed by atoms with Crippen molar-refractivity contribution in [1.29, 1.82) is 0 Å². The molecule has 2 nitrogen and oxygen atoms in total. The predicted molar refractivity (Wildman–Crippen MR) is 90.8 cm³/mol. The van der Waals surface area contributed by atoms with Crippen LogP contribution in [0, 0.1) is 11.8 Å². The molecular formula is C20H30O2. The van der Waals surface area contributed by atoms with Crippen LogP contribution in [0.3, 0.4) is 0 Å². The van der Waals surface area contributed by atoms with Crippen molar-refractivity contribution in [2.24, 2.45) is 11.8 Å². The first kappa shape index (κ1) is 17.1. The van der Waals surface area contributed by atoms with E-state index in [1.54, 1.807) is 0 Å². The molecule has 0 aliphatic heterocycles. The van der Waals surface area contributed by atoms with Gasteiger partial charge in [-0.05, 0) is 35.8 Å². The Balaban J connectivity index is 1.68. The highest BCUT2D eigenvalue weighted by Crippen LogP contribution is 2.31. The number of carbonyl (C=O) groups is 1. The van der Waals surface area contributed by atoms with Crippen molar-refractivity contribution < 1.29 is 9.53 Å². The molecule has 2 heteroatoms. The topological polar surface area (TPSA) is 26.3 Å². The number of ether oxygens (including phenoxy) is 1. The first-order chi connectivity index (χ1) is 10.7. The molecular weight excluding hydrogens is 272 g/mol. The number of methoxy groups -OCH3 is 1. The number of aryl methyl sites for hydroxylation is 1. The largest absolute Gasteiger partial charge is 0.469 e. The van der Waals surface area contributed by atoms with Crippen molar-refractivity contribution in [2.75, 3.05) is 7.11 Å². The molecule has 0 unspecified atom stereocenters. The van der Waals surface area contributed by atoms with Gasteiger partial charge in [0.25, 0.3) is 0 Å². The van der Waals surface area contributed by atoms with E-state index in [1.165, 1.54) is 57.6 Å². The molecule has 22 heavy (non-hydrogen) atoms. The van der Waals surface area contributed by atoms with Crippen molar-refractivity contribution in [2.45, 2.75) is 64.7 Å². The van der Waals surface area contributed by atoms with Crippen molar-refractivity contribution in [3.63, 3.8) is 0 Å². The smallest absolute Gasteiger partial charge is 0.309 e. The molecule has 1 saturated carbocycles. The van der Waals surface area contributed by atoms with Gasteiger partial charge in [-0.2, -0.15) is 0 Å². The fraction of sp³-hybridized carbons (Fsp3) is 0.650. The highest BCUT2D eigenvalue weighted by Gasteiger charge is 2.17. The standard InChI is InChI=1S/C20H30O2/c1-16-10-12-17(13-11-16)6-3-4-7-18-8-5-9-19(14-18)15-20(21)22-2/h5,8-9,14,16-17H,3-4,6-7,10-13,15H2,1-2H3. The molecule has 0 bridgehead atoms. The van der Waals surface area contributed by atoms with Crippen LogP contribution in [0.1, 0.15) is 63.0 Å². The molecule has 1 aromatic carbocycles. The van der Waals surface area contributed by atoms with Crippen molar-refractivity contribution in [3.05, 3.63) is 35.4 Å². The molecule has 0 radical (unpaired) electrons. The van der Waals surface area contributed by atoms with E-state index in [0.29, 0.717) is 6.42 Å². The Morgan fingerprint density at radius 1 is 1.14 bits per heavy atom. The fourth-order valence-corrected chi connectivity index (χ4v) is 3.51. The molecule has 0 amide bonds. The lowest BCUT2D eigenvalue weighted by Gasteiger charge is -2.26. The Labute approximate surface area is 135 Å². The second-order valence-corrected chi connectivity index (χ2v) is 6.94. The molecule has 1 aliphatic carbocycles. The third-order valence-electron chi connectivity index (χ3n) is 5.03. The van der Waals surface area contributed by atoms with E-state index in [1.807, 2.05) is 6.07 Å². The van der Waals surface area contributed by atoms with Crippen LogP contribution in [0.4, 0.5) is 0 Å². The Morgan fingerprint density at radius 2 is 1.86 bits per heavy atom. The first-order valence-corrected chi connectivity index (χ1v) is 8.82. The van der Waals surface area contributed by atoms with E-state index < -0.39 is 0 Å². The van der Waals surface area contributed by atoms with Crippen LogP contribution in [-0.2, 0) is 22.4 Å². The molecule has 122 valence electrons. The van der Waals surface area contributed by atoms with Gasteiger partial charge in [0.2, 0.25) is 0 Å². The Morgan fingerprint density at radius 3 is 2.59 bits per heavy atom. The van der Waals surface area contributed by atoms with Crippen LogP contribution in [0.2, 0.25) is 0 Å². The zero-order chi connectivity index (χ0) is 15.8. The zero-order valence-electron chi connectivity index (χ0n) is 14.1. The number of benzene rings is 1. The van der Waals surface area contributed by atoms with Gasteiger partial charge in [0.1, 0.15) is 0 Å². The van der Waals surface area contributed by atoms with Crippen LogP contribution in [0.15, 0.2) is 24.3 Å². The minimum Gasteiger partial charge on any atom is -0.469 e. The summed E-state index contributed by atoms with van der Waals surface area (Å²) in [4.78, 5) is 11.3. The molecule has 1 aromatic rings. The summed E-state index contributed by atoms with van der Waals surface area (Å²) in [5, 5.41) is 0. The fourth-order valence-electron chi connectivity index (χ4n) is 3.51. The summed E-state index contributed by atoms with van der Waals surface area (Å²) in [5.74, 6) is 1.76. The maximum absolute atomic E-state index is 11.3. The van der Waals surface area contributed by atoms with Gasteiger partial charge in [-0.25, -0.2) is 0 Å². The normalized spacial score (nSPS) is 21.5. The Kier molecular flexibility index (Phi) is 6.95. The van der Waals surface area contributed by atoms with E-state index in [2.05, 4.69) is 25.1 Å². The minimum atomic E-state index is -0.163. The summed E-state index contributed by atoms with van der Waals surface area (Å²) in [6.07, 6.45) is 11.2. The van der Waals surface area contributed by atoms with Crippen LogP contribution < -0.4 is 0 Å². The van der Waals surface area contributed by atoms with Crippen molar-refractivity contribution in [3.8, 4) is 0 Å². The molecule has 2 rings (SSSR count). The third kappa shape index (κ3) is 5.82. The molecule has 0 atom stereocenters. The second-order valence-electron chi connectivity index (χ2n) is 6.94. The summed E-state index contributed by atoms with van der Waals surface area (Å²) >= 11 is 0. The number of unbranched alkanes of at least 4 members (excludes halogenated alkanes) is 1. The number of rotatable bonds is 7. The highest BCUT2D eigenvalue weighted by molar-refractivity contribution is 5.72. The highest BCUT2D eigenvalue weighted by atomic mass is 16.5. The monoisotopic (exact) mass is 302 g/mol. The van der Waals surface area contributed by atoms with E-state index in [0.717, 1.165) is 23.8 Å². The summed E-state index contributed by atoms with van der Waals surface area (Å²) in [5.41, 5.74) is 2.41. The number of hydrogen-bond acceptors (Lipinski definition) is 2. The number of esters is 1. The third-order valence-corrected chi connectivity index (χ3v) is 5.03. The minimum absolute atomic E-state index is 0.163. The Hall–Kier alpha value is -1.31. The van der Waals surface area contributed by atoms with Crippen molar-refractivity contribution >= 4 is 5.97 Å². The number of carbonyl (C=O) groups excluding carboxylic acids is 1. The summed E-state index contributed by atoms with van der Waals surface area (Å²) in [6, 6.07) is 8.38. The Bertz CT molecular complexity index is 459. The number of hydrogen-bond donors (Lipinski definition) is 0. The van der Waals surface area contributed by atoms with Gasteiger partial charge in [-0.3, -0.25) is 4.79 Å². The molecule has 0 saturated heterocycles. The van der Waals surface area contributed by atoms with Crippen molar-refractivity contribution in [1.82, 2.24) is 0 Å². The maximum Gasteiger partial charge on any atom is 0.309 e. The molecule has 1 fully saturated rings. The molecule has 0 N–H and O–H groups in total. The van der Waals surface area contributed by atoms with E-state index in [4.69, 9.17) is 4.74 Å².